The number of rotatable bonds is 6. The summed E-state index contributed by atoms with van der Waals surface area (Å²) in [6.07, 6.45) is 9.62. The van der Waals surface area contributed by atoms with Gasteiger partial charge in [-0.05, 0) is 48.9 Å². The number of hydrogen-bond donors (Lipinski definition) is 2. The van der Waals surface area contributed by atoms with Gasteiger partial charge in [-0.15, -0.1) is 0 Å². The standard InChI is InChI=1S/C24H33N5/c1-25-23(28-19-24(12-13-24)21-9-5-4-6-10-21)27-18-20-11-14-26-22(17-20)29-15-7-2-3-8-16-29/h4-6,9-11,14,17H,2-3,7-8,12-13,15-16,18-19H2,1H3,(H2,25,27,28). The van der Waals surface area contributed by atoms with E-state index >= 15 is 0 Å². The minimum absolute atomic E-state index is 0.273. The summed E-state index contributed by atoms with van der Waals surface area (Å²) in [4.78, 5) is 11.5. The Labute approximate surface area is 174 Å². The summed E-state index contributed by atoms with van der Waals surface area (Å²) in [6, 6.07) is 15.1. The second-order valence-electron chi connectivity index (χ2n) is 8.35. The Morgan fingerprint density at radius 2 is 1.79 bits per heavy atom. The van der Waals surface area contributed by atoms with E-state index in [0.717, 1.165) is 38.0 Å². The van der Waals surface area contributed by atoms with Gasteiger partial charge in [0.2, 0.25) is 0 Å². The van der Waals surface area contributed by atoms with Gasteiger partial charge in [0.25, 0.3) is 0 Å². The Morgan fingerprint density at radius 3 is 2.48 bits per heavy atom. The lowest BCUT2D eigenvalue weighted by atomic mass is 9.96. The van der Waals surface area contributed by atoms with Crippen molar-refractivity contribution in [2.75, 3.05) is 31.6 Å². The highest BCUT2D eigenvalue weighted by Gasteiger charge is 2.43. The van der Waals surface area contributed by atoms with Crippen LogP contribution in [0.15, 0.2) is 53.7 Å². The number of nitrogens with one attached hydrogen (secondary N) is 2. The van der Waals surface area contributed by atoms with Crippen LogP contribution in [0.1, 0.15) is 49.7 Å². The summed E-state index contributed by atoms with van der Waals surface area (Å²) in [5.41, 5.74) is 2.95. The Kier molecular flexibility index (Phi) is 6.33. The molecule has 5 nitrogen and oxygen atoms in total. The summed E-state index contributed by atoms with van der Waals surface area (Å²) in [7, 11) is 1.84. The fourth-order valence-electron chi connectivity index (χ4n) is 4.21. The van der Waals surface area contributed by atoms with Crippen molar-refractivity contribution in [1.29, 1.82) is 0 Å². The predicted octanol–water partition coefficient (Wildman–Crippen LogP) is 3.86. The molecule has 2 aliphatic rings. The van der Waals surface area contributed by atoms with Crippen LogP contribution in [-0.4, -0.2) is 37.6 Å². The lowest BCUT2D eigenvalue weighted by molar-refractivity contribution is 0.645. The highest BCUT2D eigenvalue weighted by molar-refractivity contribution is 5.79. The molecule has 2 aromatic rings. The number of benzene rings is 1. The first-order chi connectivity index (χ1) is 14.3. The van der Waals surface area contributed by atoms with Crippen molar-refractivity contribution in [3.8, 4) is 0 Å². The molecule has 0 radical (unpaired) electrons. The summed E-state index contributed by atoms with van der Waals surface area (Å²) in [5, 5.41) is 7.01. The lowest BCUT2D eigenvalue weighted by Crippen LogP contribution is -2.40. The fraction of sp³-hybridized carbons (Fsp3) is 0.500. The van der Waals surface area contributed by atoms with Crippen molar-refractivity contribution in [2.24, 2.45) is 4.99 Å². The molecule has 1 saturated heterocycles. The molecule has 2 fully saturated rings. The van der Waals surface area contributed by atoms with Crippen LogP contribution in [0.2, 0.25) is 0 Å². The molecule has 4 rings (SSSR count). The first kappa shape index (κ1) is 19.7. The van der Waals surface area contributed by atoms with Crippen molar-refractivity contribution in [1.82, 2.24) is 15.6 Å². The summed E-state index contributed by atoms with van der Waals surface area (Å²) in [5.74, 6) is 1.97. The van der Waals surface area contributed by atoms with Crippen molar-refractivity contribution in [3.05, 3.63) is 59.8 Å². The quantitative estimate of drug-likeness (QED) is 0.580. The minimum Gasteiger partial charge on any atom is -0.357 e. The Hall–Kier alpha value is -2.56. The van der Waals surface area contributed by atoms with Gasteiger partial charge in [0.1, 0.15) is 5.82 Å². The van der Waals surface area contributed by atoms with Crippen LogP contribution < -0.4 is 15.5 Å². The van der Waals surface area contributed by atoms with Gasteiger partial charge in [-0.3, -0.25) is 4.99 Å². The van der Waals surface area contributed by atoms with E-state index in [1.165, 1.54) is 49.7 Å². The van der Waals surface area contributed by atoms with E-state index < -0.39 is 0 Å². The lowest BCUT2D eigenvalue weighted by Gasteiger charge is -2.22. The molecule has 154 valence electrons. The first-order valence-electron chi connectivity index (χ1n) is 11.0. The van der Waals surface area contributed by atoms with E-state index in [4.69, 9.17) is 0 Å². The molecule has 29 heavy (non-hydrogen) atoms. The maximum Gasteiger partial charge on any atom is 0.191 e. The number of aliphatic imine (C=N–C) groups is 1. The molecule has 2 N–H and O–H groups in total. The molecule has 1 saturated carbocycles. The number of aromatic nitrogens is 1. The number of guanidine groups is 1. The van der Waals surface area contributed by atoms with E-state index in [1.54, 1.807) is 0 Å². The summed E-state index contributed by atoms with van der Waals surface area (Å²) >= 11 is 0. The van der Waals surface area contributed by atoms with Crippen LogP contribution in [0.25, 0.3) is 0 Å². The Bertz CT molecular complexity index is 805. The normalized spacial score (nSPS) is 18.8. The maximum absolute atomic E-state index is 4.61. The Balaban J connectivity index is 1.31. The van der Waals surface area contributed by atoms with E-state index in [0.29, 0.717) is 0 Å². The topological polar surface area (TPSA) is 52.6 Å². The summed E-state index contributed by atoms with van der Waals surface area (Å²) in [6.45, 7) is 3.91. The molecule has 0 atom stereocenters. The average molecular weight is 392 g/mol. The van der Waals surface area contributed by atoms with Crippen molar-refractivity contribution in [3.63, 3.8) is 0 Å². The highest BCUT2D eigenvalue weighted by atomic mass is 15.2. The van der Waals surface area contributed by atoms with E-state index in [9.17, 15) is 0 Å². The van der Waals surface area contributed by atoms with Crippen molar-refractivity contribution >= 4 is 11.8 Å². The van der Waals surface area contributed by atoms with Crippen molar-refractivity contribution in [2.45, 2.75) is 50.5 Å². The highest BCUT2D eigenvalue weighted by Crippen LogP contribution is 2.47. The molecule has 0 unspecified atom stereocenters. The van der Waals surface area contributed by atoms with Crippen molar-refractivity contribution < 1.29 is 0 Å². The number of pyridine rings is 1. The zero-order chi connectivity index (χ0) is 19.9. The number of hydrogen-bond acceptors (Lipinski definition) is 3. The van der Waals surface area contributed by atoms with Crippen LogP contribution in [0.4, 0.5) is 5.82 Å². The second-order valence-corrected chi connectivity index (χ2v) is 8.35. The smallest absolute Gasteiger partial charge is 0.191 e. The van der Waals surface area contributed by atoms with Gasteiger partial charge in [-0.2, -0.15) is 0 Å². The number of anilines is 1. The van der Waals surface area contributed by atoms with Crippen LogP contribution >= 0.6 is 0 Å². The molecule has 1 aliphatic carbocycles. The largest absolute Gasteiger partial charge is 0.357 e. The van der Waals surface area contributed by atoms with Crippen LogP contribution in [0.3, 0.4) is 0 Å². The third kappa shape index (κ3) is 5.08. The Morgan fingerprint density at radius 1 is 1.03 bits per heavy atom. The van der Waals surface area contributed by atoms with E-state index in [2.05, 4.69) is 68.0 Å². The molecular formula is C24H33N5. The SMILES string of the molecule is CN=C(NCc1ccnc(N2CCCCCC2)c1)NCC1(c2ccccc2)CC1. The average Bonchev–Trinajstić information content (AvgIpc) is 3.59. The minimum atomic E-state index is 0.273. The van der Waals surface area contributed by atoms with Gasteiger partial charge in [0.05, 0.1) is 0 Å². The zero-order valence-electron chi connectivity index (χ0n) is 17.5. The van der Waals surface area contributed by atoms with Crippen LogP contribution in [0.5, 0.6) is 0 Å². The zero-order valence-corrected chi connectivity index (χ0v) is 17.5. The third-order valence-corrected chi connectivity index (χ3v) is 6.26. The van der Waals surface area contributed by atoms with Gasteiger partial charge in [-0.25, -0.2) is 4.98 Å². The van der Waals surface area contributed by atoms with Gasteiger partial charge in [-0.1, -0.05) is 43.2 Å². The van der Waals surface area contributed by atoms with Gasteiger partial charge in [0.15, 0.2) is 5.96 Å². The van der Waals surface area contributed by atoms with E-state index in [-0.39, 0.29) is 5.41 Å². The third-order valence-electron chi connectivity index (χ3n) is 6.26. The van der Waals surface area contributed by atoms with Crippen LogP contribution in [-0.2, 0) is 12.0 Å². The summed E-state index contributed by atoms with van der Waals surface area (Å²) < 4.78 is 0. The number of nitrogens with zero attached hydrogens (tertiary/aromatic N) is 3. The molecule has 1 aliphatic heterocycles. The van der Waals surface area contributed by atoms with Gasteiger partial charge >= 0.3 is 0 Å². The molecule has 1 aromatic heterocycles. The molecule has 0 spiro atoms. The molecule has 0 bridgehead atoms. The second kappa shape index (κ2) is 9.29. The molecule has 1 aromatic carbocycles. The molecule has 0 amide bonds. The monoisotopic (exact) mass is 391 g/mol. The van der Waals surface area contributed by atoms with Gasteiger partial charge in [0, 0.05) is 44.8 Å². The molecular weight excluding hydrogens is 358 g/mol. The van der Waals surface area contributed by atoms with E-state index in [1.807, 2.05) is 13.2 Å². The van der Waals surface area contributed by atoms with Gasteiger partial charge < -0.3 is 15.5 Å². The maximum atomic E-state index is 4.61. The van der Waals surface area contributed by atoms with Crippen LogP contribution in [0, 0.1) is 0 Å². The fourth-order valence-corrected chi connectivity index (χ4v) is 4.21. The molecule has 2 heterocycles. The molecule has 5 heteroatoms. The predicted molar refractivity (Wildman–Crippen MR) is 120 cm³/mol. The first-order valence-corrected chi connectivity index (χ1v) is 11.0.